The van der Waals surface area contributed by atoms with E-state index in [1.807, 2.05) is 20.8 Å². The number of Topliss-reactive ketones (excluding diaryl/α,β-unsaturated/α-hetero) is 1. The topological polar surface area (TPSA) is 78.8 Å². The third kappa shape index (κ3) is 1.85. The van der Waals surface area contributed by atoms with E-state index in [4.69, 9.17) is 23.2 Å². The number of fused-ring (bicyclic) bond motifs is 2. The molecule has 0 radical (unpaired) electrons. The fourth-order valence-corrected chi connectivity index (χ4v) is 4.61. The van der Waals surface area contributed by atoms with Crippen molar-refractivity contribution >= 4 is 46.3 Å². The third-order valence-corrected chi connectivity index (χ3v) is 6.80. The number of anilines is 1. The van der Waals surface area contributed by atoms with Crippen LogP contribution in [0.25, 0.3) is 0 Å². The van der Waals surface area contributed by atoms with Gasteiger partial charge < -0.3 is 10.5 Å². The number of nitrogens with one attached hydrogen (secondary N) is 1. The molecule has 0 heterocycles. The van der Waals surface area contributed by atoms with E-state index in [1.54, 1.807) is 18.2 Å². The Balaban J connectivity index is 2.06. The number of carbonyl (C=O) groups excluding carboxylic acids is 2. The highest BCUT2D eigenvalue weighted by molar-refractivity contribution is 6.51. The van der Waals surface area contributed by atoms with Crippen LogP contribution in [0.4, 0.5) is 5.69 Å². The number of hydrogen-bond donors (Lipinski definition) is 2. The predicted molar refractivity (Wildman–Crippen MR) is 92.9 cm³/mol. The lowest BCUT2D eigenvalue weighted by Crippen LogP contribution is -2.47. The van der Waals surface area contributed by atoms with Crippen molar-refractivity contribution in [3.63, 3.8) is 0 Å². The first-order valence-corrected chi connectivity index (χ1v) is 8.41. The van der Waals surface area contributed by atoms with E-state index < -0.39 is 27.9 Å². The SMILES string of the molecule is CC12CCC(C(=O)Nc3cc(Cl)ccc3Cl)(C(=O)C1=NO)C2(C)C. The molecule has 2 N–H and O–H groups in total. The van der Waals surface area contributed by atoms with Crippen molar-refractivity contribution in [2.45, 2.75) is 33.6 Å². The summed E-state index contributed by atoms with van der Waals surface area (Å²) in [5.74, 6) is -0.858. The molecule has 1 aromatic carbocycles. The molecule has 2 atom stereocenters. The first-order chi connectivity index (χ1) is 11.1. The van der Waals surface area contributed by atoms with Crippen molar-refractivity contribution in [1.29, 1.82) is 0 Å². The van der Waals surface area contributed by atoms with Crippen molar-refractivity contribution in [3.8, 4) is 0 Å². The summed E-state index contributed by atoms with van der Waals surface area (Å²) in [5.41, 5.74) is -2.18. The maximum atomic E-state index is 13.1. The first kappa shape index (κ1) is 17.2. The number of oxime groups is 1. The van der Waals surface area contributed by atoms with Gasteiger partial charge in [-0.2, -0.15) is 0 Å². The summed E-state index contributed by atoms with van der Waals surface area (Å²) >= 11 is 12.1. The number of carbonyl (C=O) groups is 2. The normalized spacial score (nSPS) is 32.4. The van der Waals surface area contributed by atoms with Gasteiger partial charge in [-0.25, -0.2) is 0 Å². The van der Waals surface area contributed by atoms with Gasteiger partial charge in [0.05, 0.1) is 10.7 Å². The lowest BCUT2D eigenvalue weighted by molar-refractivity contribution is -0.140. The second-order valence-electron chi connectivity index (χ2n) is 7.22. The average Bonchev–Trinajstić information content (AvgIpc) is 2.79. The highest BCUT2D eigenvalue weighted by Gasteiger charge is 2.76. The van der Waals surface area contributed by atoms with Crippen LogP contribution in [0.2, 0.25) is 10.0 Å². The molecule has 0 aromatic heterocycles. The molecule has 3 rings (SSSR count). The average molecular weight is 369 g/mol. The summed E-state index contributed by atoms with van der Waals surface area (Å²) in [6, 6.07) is 4.74. The van der Waals surface area contributed by atoms with Gasteiger partial charge in [0.25, 0.3) is 0 Å². The Morgan fingerprint density at radius 3 is 2.50 bits per heavy atom. The molecule has 2 aliphatic rings. The molecule has 1 amide bonds. The van der Waals surface area contributed by atoms with Crippen molar-refractivity contribution in [3.05, 3.63) is 28.2 Å². The monoisotopic (exact) mass is 368 g/mol. The van der Waals surface area contributed by atoms with E-state index >= 15 is 0 Å². The van der Waals surface area contributed by atoms with E-state index in [0.717, 1.165) is 0 Å². The van der Waals surface area contributed by atoms with Crippen LogP contribution in [0.1, 0.15) is 33.6 Å². The minimum atomic E-state index is -1.28. The van der Waals surface area contributed by atoms with Crippen LogP contribution < -0.4 is 5.32 Å². The summed E-state index contributed by atoms with van der Waals surface area (Å²) in [4.78, 5) is 26.0. The molecule has 0 aliphatic heterocycles. The zero-order valence-electron chi connectivity index (χ0n) is 13.6. The molecule has 5 nitrogen and oxygen atoms in total. The molecule has 2 unspecified atom stereocenters. The minimum Gasteiger partial charge on any atom is -0.411 e. The fraction of sp³-hybridized carbons (Fsp3) is 0.471. The largest absolute Gasteiger partial charge is 0.411 e. The number of hydrogen-bond acceptors (Lipinski definition) is 4. The summed E-state index contributed by atoms with van der Waals surface area (Å²) in [6.45, 7) is 5.61. The van der Waals surface area contributed by atoms with Crippen LogP contribution >= 0.6 is 23.2 Å². The zero-order chi connectivity index (χ0) is 17.9. The third-order valence-electron chi connectivity index (χ3n) is 6.24. The van der Waals surface area contributed by atoms with E-state index in [0.29, 0.717) is 28.6 Å². The van der Waals surface area contributed by atoms with Crippen LogP contribution in [-0.4, -0.2) is 22.6 Å². The maximum Gasteiger partial charge on any atom is 0.239 e. The number of ketones is 1. The molecular weight excluding hydrogens is 351 g/mol. The Bertz CT molecular complexity index is 790. The summed E-state index contributed by atoms with van der Waals surface area (Å²) in [7, 11) is 0. The van der Waals surface area contributed by atoms with Crippen molar-refractivity contribution < 1.29 is 14.8 Å². The standard InChI is InChI=1S/C17H18Cl2N2O3/c1-15(2)16(3)6-7-17(15,13(22)12(16)21-24)14(23)20-11-8-9(18)4-5-10(11)19/h4-5,8,24H,6-7H2,1-3H3,(H,20,23). The molecule has 2 fully saturated rings. The number of amides is 1. The second-order valence-corrected chi connectivity index (χ2v) is 8.06. The highest BCUT2D eigenvalue weighted by atomic mass is 35.5. The Labute approximate surface area is 150 Å². The smallest absolute Gasteiger partial charge is 0.239 e. The predicted octanol–water partition coefficient (Wildman–Crippen LogP) is 4.16. The lowest BCUT2D eigenvalue weighted by atomic mass is 9.64. The molecule has 0 spiro atoms. The van der Waals surface area contributed by atoms with Gasteiger partial charge in [0, 0.05) is 10.4 Å². The van der Waals surface area contributed by atoms with Crippen molar-refractivity contribution in [1.82, 2.24) is 0 Å². The van der Waals surface area contributed by atoms with E-state index in [2.05, 4.69) is 10.5 Å². The van der Waals surface area contributed by atoms with Gasteiger partial charge >= 0.3 is 0 Å². The molecule has 2 bridgehead atoms. The number of halogens is 2. The molecule has 7 heteroatoms. The Kier molecular flexibility index (Phi) is 3.74. The summed E-state index contributed by atoms with van der Waals surface area (Å²) < 4.78 is 0. The van der Waals surface area contributed by atoms with Gasteiger partial charge in [-0.15, -0.1) is 0 Å². The van der Waals surface area contributed by atoms with Crippen LogP contribution in [-0.2, 0) is 9.59 Å². The van der Waals surface area contributed by atoms with E-state index in [1.165, 1.54) is 0 Å². The lowest BCUT2D eigenvalue weighted by Gasteiger charge is -2.37. The van der Waals surface area contributed by atoms with Gasteiger partial charge in [-0.1, -0.05) is 49.1 Å². The number of nitrogens with zero attached hydrogens (tertiary/aromatic N) is 1. The Morgan fingerprint density at radius 2 is 1.92 bits per heavy atom. The van der Waals surface area contributed by atoms with Crippen LogP contribution in [0.5, 0.6) is 0 Å². The highest BCUT2D eigenvalue weighted by Crippen LogP contribution is 2.69. The molecular formula is C17H18Cl2N2O3. The van der Waals surface area contributed by atoms with Gasteiger partial charge in [-0.3, -0.25) is 9.59 Å². The molecule has 0 saturated heterocycles. The van der Waals surface area contributed by atoms with Crippen LogP contribution in [0.15, 0.2) is 23.4 Å². The first-order valence-electron chi connectivity index (χ1n) is 7.65. The van der Waals surface area contributed by atoms with Gasteiger partial charge in [0.1, 0.15) is 11.1 Å². The van der Waals surface area contributed by atoms with E-state index in [-0.39, 0.29) is 5.71 Å². The summed E-state index contributed by atoms with van der Waals surface area (Å²) in [5, 5.41) is 16.1. The van der Waals surface area contributed by atoms with E-state index in [9.17, 15) is 14.8 Å². The fourth-order valence-electron chi connectivity index (χ4n) is 4.28. The van der Waals surface area contributed by atoms with Crippen LogP contribution in [0, 0.1) is 16.2 Å². The molecule has 2 saturated carbocycles. The quantitative estimate of drug-likeness (QED) is 0.467. The van der Waals surface area contributed by atoms with Gasteiger partial charge in [-0.05, 0) is 36.5 Å². The van der Waals surface area contributed by atoms with Gasteiger partial charge in [0.2, 0.25) is 5.91 Å². The Hall–Kier alpha value is -1.59. The minimum absolute atomic E-state index is 0.0751. The zero-order valence-corrected chi connectivity index (χ0v) is 15.1. The molecule has 2 aliphatic carbocycles. The van der Waals surface area contributed by atoms with Crippen LogP contribution in [0.3, 0.4) is 0 Å². The summed E-state index contributed by atoms with van der Waals surface area (Å²) in [6.07, 6.45) is 1.00. The Morgan fingerprint density at radius 1 is 1.25 bits per heavy atom. The molecule has 128 valence electrons. The van der Waals surface area contributed by atoms with Gasteiger partial charge in [0.15, 0.2) is 5.78 Å². The number of rotatable bonds is 2. The molecule has 24 heavy (non-hydrogen) atoms. The van der Waals surface area contributed by atoms with Crippen molar-refractivity contribution in [2.75, 3.05) is 5.32 Å². The number of benzene rings is 1. The maximum absolute atomic E-state index is 13.1. The second kappa shape index (κ2) is 5.20. The van der Waals surface area contributed by atoms with Crippen molar-refractivity contribution in [2.24, 2.45) is 21.4 Å². The molecule has 1 aromatic rings.